The van der Waals surface area contributed by atoms with Crippen molar-refractivity contribution >= 4 is 5.91 Å². The predicted molar refractivity (Wildman–Crippen MR) is 109 cm³/mol. The van der Waals surface area contributed by atoms with E-state index in [2.05, 4.69) is 28.2 Å². The largest absolute Gasteiger partial charge is 0.492 e. The van der Waals surface area contributed by atoms with E-state index in [0.29, 0.717) is 36.6 Å². The molecule has 0 aromatic heterocycles. The second-order valence-electron chi connectivity index (χ2n) is 8.47. The van der Waals surface area contributed by atoms with E-state index >= 15 is 0 Å². The van der Waals surface area contributed by atoms with Gasteiger partial charge in [-0.15, -0.1) is 0 Å². The molecular weight excluding hydrogens is 352 g/mol. The summed E-state index contributed by atoms with van der Waals surface area (Å²) in [5.74, 6) is 2.19. The molecule has 1 amide bonds. The smallest absolute Gasteiger partial charge is 0.234 e. The van der Waals surface area contributed by atoms with Crippen LogP contribution in [0.15, 0.2) is 24.3 Å². The first-order chi connectivity index (χ1) is 13.5. The average molecular weight is 385 g/mol. The van der Waals surface area contributed by atoms with E-state index in [4.69, 9.17) is 10.00 Å². The zero-order valence-corrected chi connectivity index (χ0v) is 17.2. The van der Waals surface area contributed by atoms with Crippen molar-refractivity contribution in [2.45, 2.75) is 38.8 Å². The summed E-state index contributed by atoms with van der Waals surface area (Å²) in [5, 5.41) is 11.9. The molecule has 1 N–H and O–H groups in total. The normalized spacial score (nSPS) is 24.4. The van der Waals surface area contributed by atoms with Crippen LogP contribution >= 0.6 is 0 Å². The number of fused-ring (bicyclic) bond motifs is 2. The van der Waals surface area contributed by atoms with Crippen molar-refractivity contribution in [2.24, 2.45) is 11.8 Å². The van der Waals surface area contributed by atoms with Crippen molar-refractivity contribution in [2.75, 3.05) is 39.8 Å². The van der Waals surface area contributed by atoms with Gasteiger partial charge in [-0.25, -0.2) is 0 Å². The van der Waals surface area contributed by atoms with Crippen LogP contribution in [0.1, 0.15) is 32.3 Å². The number of piperidine rings is 1. The van der Waals surface area contributed by atoms with Crippen LogP contribution in [0.4, 0.5) is 0 Å². The van der Waals surface area contributed by atoms with E-state index in [1.54, 1.807) is 12.1 Å². The molecule has 28 heavy (non-hydrogen) atoms. The van der Waals surface area contributed by atoms with Gasteiger partial charge in [0.25, 0.3) is 0 Å². The first-order valence-electron chi connectivity index (χ1n) is 10.3. The van der Waals surface area contributed by atoms with Crippen LogP contribution in [0, 0.1) is 23.2 Å². The van der Waals surface area contributed by atoms with Gasteiger partial charge in [-0.3, -0.25) is 14.6 Å². The third-order valence-electron chi connectivity index (χ3n) is 5.87. The Balaban J connectivity index is 1.45. The van der Waals surface area contributed by atoms with Crippen LogP contribution in [-0.4, -0.2) is 67.6 Å². The molecule has 0 spiro atoms. The lowest BCUT2D eigenvalue weighted by atomic mass is 9.91. The lowest BCUT2D eigenvalue weighted by Gasteiger charge is -2.42. The van der Waals surface area contributed by atoms with Crippen molar-refractivity contribution < 1.29 is 9.53 Å². The standard InChI is InChI=1S/C22H32N4O2/c1-16(2)24-21(27)15-25(3)22-18-6-7-19(22)14-26(13-18)10-11-28-20-8-4-17(12-23)5-9-20/h4-5,8-9,16,18-19,22H,6-7,10-11,13-15H2,1-3H3,(H,24,27). The van der Waals surface area contributed by atoms with Crippen molar-refractivity contribution in [3.63, 3.8) is 0 Å². The topological polar surface area (TPSA) is 68.6 Å². The van der Waals surface area contributed by atoms with Gasteiger partial charge in [-0.1, -0.05) is 0 Å². The molecule has 1 saturated heterocycles. The van der Waals surface area contributed by atoms with Gasteiger partial charge >= 0.3 is 0 Å². The second-order valence-corrected chi connectivity index (χ2v) is 8.47. The van der Waals surface area contributed by atoms with Gasteiger partial charge in [0, 0.05) is 31.7 Å². The minimum Gasteiger partial charge on any atom is -0.492 e. The maximum Gasteiger partial charge on any atom is 0.234 e. The SMILES string of the molecule is CC(C)NC(=O)CN(C)C1C2CCC1CN(CCOc1ccc(C#N)cc1)C2. The molecule has 2 bridgehead atoms. The molecule has 1 aromatic carbocycles. The Kier molecular flexibility index (Phi) is 6.93. The number of hydrogen-bond acceptors (Lipinski definition) is 5. The summed E-state index contributed by atoms with van der Waals surface area (Å²) in [4.78, 5) is 16.9. The van der Waals surface area contributed by atoms with Gasteiger partial charge in [0.1, 0.15) is 12.4 Å². The maximum atomic E-state index is 12.1. The zero-order valence-electron chi connectivity index (χ0n) is 17.2. The third-order valence-corrected chi connectivity index (χ3v) is 5.87. The molecule has 6 nitrogen and oxygen atoms in total. The number of rotatable bonds is 8. The summed E-state index contributed by atoms with van der Waals surface area (Å²) < 4.78 is 5.85. The minimum absolute atomic E-state index is 0.121. The van der Waals surface area contributed by atoms with Crippen LogP contribution in [0.3, 0.4) is 0 Å². The molecule has 6 heteroatoms. The highest BCUT2D eigenvalue weighted by atomic mass is 16.5. The number of carbonyl (C=O) groups is 1. The van der Waals surface area contributed by atoms with Gasteiger partial charge in [0.05, 0.1) is 18.2 Å². The highest BCUT2D eigenvalue weighted by molar-refractivity contribution is 5.78. The van der Waals surface area contributed by atoms with Gasteiger partial charge in [-0.2, -0.15) is 5.26 Å². The quantitative estimate of drug-likeness (QED) is 0.743. The second kappa shape index (κ2) is 9.40. The molecule has 1 aliphatic heterocycles. The summed E-state index contributed by atoms with van der Waals surface area (Å²) in [6, 6.07) is 10.1. The Hall–Kier alpha value is -2.10. The Labute approximate surface area is 168 Å². The number of likely N-dealkylation sites (N-methyl/N-ethyl adjacent to an activating group) is 1. The number of amides is 1. The number of benzene rings is 1. The van der Waals surface area contributed by atoms with Crippen LogP contribution in [0.5, 0.6) is 5.75 Å². The summed E-state index contributed by atoms with van der Waals surface area (Å²) in [7, 11) is 2.10. The number of ether oxygens (including phenoxy) is 1. The van der Waals surface area contributed by atoms with Gasteiger partial charge in [0.15, 0.2) is 0 Å². The highest BCUT2D eigenvalue weighted by Crippen LogP contribution is 2.39. The van der Waals surface area contributed by atoms with Crippen molar-refractivity contribution in [3.05, 3.63) is 29.8 Å². The van der Waals surface area contributed by atoms with E-state index in [1.807, 2.05) is 26.0 Å². The third kappa shape index (κ3) is 5.24. The molecule has 2 fully saturated rings. The Bertz CT molecular complexity index is 683. The van der Waals surface area contributed by atoms with E-state index in [1.165, 1.54) is 12.8 Å². The lowest BCUT2D eigenvalue weighted by Crippen LogP contribution is -2.54. The number of nitriles is 1. The molecule has 1 heterocycles. The molecule has 1 saturated carbocycles. The highest BCUT2D eigenvalue weighted by Gasteiger charge is 2.43. The fourth-order valence-electron chi connectivity index (χ4n) is 4.81. The summed E-state index contributed by atoms with van der Waals surface area (Å²) in [6.45, 7) is 8.21. The Morgan fingerprint density at radius 2 is 1.93 bits per heavy atom. The fraction of sp³-hybridized carbons (Fsp3) is 0.636. The van der Waals surface area contributed by atoms with Gasteiger partial charge < -0.3 is 10.1 Å². The number of carbonyl (C=O) groups excluding carboxylic acids is 1. The first-order valence-corrected chi connectivity index (χ1v) is 10.3. The van der Waals surface area contributed by atoms with Gasteiger partial charge in [-0.05, 0) is 69.8 Å². The Morgan fingerprint density at radius 3 is 2.50 bits per heavy atom. The fourth-order valence-corrected chi connectivity index (χ4v) is 4.81. The first kappa shape index (κ1) is 20.6. The summed E-state index contributed by atoms with van der Waals surface area (Å²) >= 11 is 0. The van der Waals surface area contributed by atoms with E-state index in [9.17, 15) is 4.79 Å². The van der Waals surface area contributed by atoms with Crippen LogP contribution < -0.4 is 10.1 Å². The number of nitrogens with one attached hydrogen (secondary N) is 1. The average Bonchev–Trinajstić information content (AvgIpc) is 2.92. The maximum absolute atomic E-state index is 12.1. The molecule has 1 aliphatic carbocycles. The van der Waals surface area contributed by atoms with Crippen molar-refractivity contribution in [3.8, 4) is 11.8 Å². The van der Waals surface area contributed by atoms with E-state index in [-0.39, 0.29) is 11.9 Å². The monoisotopic (exact) mass is 384 g/mol. The number of likely N-dealkylation sites (tertiary alicyclic amines) is 1. The predicted octanol–water partition coefficient (Wildman–Crippen LogP) is 2.10. The molecule has 0 radical (unpaired) electrons. The summed E-state index contributed by atoms with van der Waals surface area (Å²) in [6.07, 6.45) is 2.50. The molecule has 2 atom stereocenters. The Morgan fingerprint density at radius 1 is 1.29 bits per heavy atom. The summed E-state index contributed by atoms with van der Waals surface area (Å²) in [5.41, 5.74) is 0.650. The van der Waals surface area contributed by atoms with Crippen LogP contribution in [0.25, 0.3) is 0 Å². The van der Waals surface area contributed by atoms with Crippen molar-refractivity contribution in [1.82, 2.24) is 15.1 Å². The van der Waals surface area contributed by atoms with Crippen LogP contribution in [-0.2, 0) is 4.79 Å². The molecule has 152 valence electrons. The number of nitrogens with zero attached hydrogens (tertiary/aromatic N) is 3. The van der Waals surface area contributed by atoms with E-state index in [0.717, 1.165) is 25.4 Å². The molecule has 2 aliphatic rings. The van der Waals surface area contributed by atoms with E-state index < -0.39 is 0 Å². The molecular formula is C22H32N4O2. The van der Waals surface area contributed by atoms with Crippen molar-refractivity contribution in [1.29, 1.82) is 5.26 Å². The minimum atomic E-state index is 0.121. The molecule has 1 aromatic rings. The zero-order chi connectivity index (χ0) is 20.1. The van der Waals surface area contributed by atoms with Crippen LogP contribution in [0.2, 0.25) is 0 Å². The molecule has 3 rings (SSSR count). The number of hydrogen-bond donors (Lipinski definition) is 1. The molecule has 2 unspecified atom stereocenters. The van der Waals surface area contributed by atoms with Gasteiger partial charge in [0.2, 0.25) is 5.91 Å². The lowest BCUT2D eigenvalue weighted by molar-refractivity contribution is -0.123.